The molecule has 0 unspecified atom stereocenters. The molecule has 0 bridgehead atoms. The van der Waals surface area contributed by atoms with E-state index in [1.807, 2.05) is 17.8 Å². The van der Waals surface area contributed by atoms with Crippen molar-refractivity contribution in [2.75, 3.05) is 13.1 Å². The monoisotopic (exact) mass is 260 g/mol. The zero-order valence-electron chi connectivity index (χ0n) is 10.2. The molecule has 1 saturated heterocycles. The van der Waals surface area contributed by atoms with Gasteiger partial charge in [0.15, 0.2) is 0 Å². The van der Waals surface area contributed by atoms with Gasteiger partial charge in [0.25, 0.3) is 0 Å². The van der Waals surface area contributed by atoms with Crippen LogP contribution in [0.4, 0.5) is 0 Å². The maximum absolute atomic E-state index is 4.41. The van der Waals surface area contributed by atoms with E-state index in [0.29, 0.717) is 5.92 Å². The lowest BCUT2D eigenvalue weighted by Gasteiger charge is -2.30. The van der Waals surface area contributed by atoms with Crippen molar-refractivity contribution >= 4 is 11.3 Å². The highest BCUT2D eigenvalue weighted by Gasteiger charge is 2.21. The Kier molecular flexibility index (Phi) is 3.61. The van der Waals surface area contributed by atoms with E-state index in [1.54, 1.807) is 23.7 Å². The molecule has 3 heterocycles. The molecule has 0 aromatic carbocycles. The van der Waals surface area contributed by atoms with Gasteiger partial charge in [0.2, 0.25) is 0 Å². The number of likely N-dealkylation sites (tertiary alicyclic amines) is 1. The highest BCUT2D eigenvalue weighted by Crippen LogP contribution is 2.26. The summed E-state index contributed by atoms with van der Waals surface area (Å²) in [5.41, 5.74) is 1.14. The van der Waals surface area contributed by atoms with Crippen molar-refractivity contribution in [2.24, 2.45) is 0 Å². The highest BCUT2D eigenvalue weighted by atomic mass is 32.1. The normalized spacial score (nSPS) is 18.0. The molecule has 0 spiro atoms. The lowest BCUT2D eigenvalue weighted by atomic mass is 9.94. The second-order valence-corrected chi connectivity index (χ2v) is 5.59. The molecule has 3 rings (SSSR count). The molecule has 0 radical (unpaired) electrons. The van der Waals surface area contributed by atoms with Crippen LogP contribution in [0.1, 0.15) is 29.5 Å². The average molecular weight is 260 g/mol. The Hall–Kier alpha value is -1.33. The van der Waals surface area contributed by atoms with Crippen LogP contribution in [0.5, 0.6) is 0 Å². The predicted octanol–water partition coefficient (Wildman–Crippen LogP) is 2.31. The first-order valence-corrected chi connectivity index (χ1v) is 7.16. The Morgan fingerprint density at radius 1 is 1.17 bits per heavy atom. The maximum Gasteiger partial charge on any atom is 0.107 e. The first-order valence-electron chi connectivity index (χ1n) is 6.28. The van der Waals surface area contributed by atoms with Crippen LogP contribution in [0.2, 0.25) is 0 Å². The zero-order valence-corrected chi connectivity index (χ0v) is 11.0. The van der Waals surface area contributed by atoms with Gasteiger partial charge < -0.3 is 0 Å². The van der Waals surface area contributed by atoms with E-state index < -0.39 is 0 Å². The number of aromatic nitrogens is 3. The summed E-state index contributed by atoms with van der Waals surface area (Å²) in [4.78, 5) is 15.4. The van der Waals surface area contributed by atoms with Crippen LogP contribution >= 0.6 is 11.3 Å². The van der Waals surface area contributed by atoms with Crippen molar-refractivity contribution < 1.29 is 0 Å². The summed E-state index contributed by atoms with van der Waals surface area (Å²) in [6, 6.07) is 0. The standard InChI is InChI=1S/C13H16N4S/c1-6-17(10-13-16-5-8-18-13)7-2-11(1)12-9-14-3-4-15-12/h3-5,8-9,11H,1-2,6-7,10H2. The lowest BCUT2D eigenvalue weighted by molar-refractivity contribution is 0.203. The largest absolute Gasteiger partial charge is 0.297 e. The van der Waals surface area contributed by atoms with Crippen LogP contribution in [0.25, 0.3) is 0 Å². The van der Waals surface area contributed by atoms with E-state index in [2.05, 4.69) is 19.9 Å². The van der Waals surface area contributed by atoms with Gasteiger partial charge in [-0.05, 0) is 25.9 Å². The van der Waals surface area contributed by atoms with Crippen LogP contribution in [0.15, 0.2) is 30.2 Å². The molecule has 94 valence electrons. The summed E-state index contributed by atoms with van der Waals surface area (Å²) in [7, 11) is 0. The van der Waals surface area contributed by atoms with Gasteiger partial charge >= 0.3 is 0 Å². The summed E-state index contributed by atoms with van der Waals surface area (Å²) < 4.78 is 0. The van der Waals surface area contributed by atoms with E-state index in [0.717, 1.165) is 25.3 Å². The van der Waals surface area contributed by atoms with Crippen molar-refractivity contribution in [2.45, 2.75) is 25.3 Å². The summed E-state index contributed by atoms with van der Waals surface area (Å²) in [6.45, 7) is 3.24. The molecule has 5 heteroatoms. The Morgan fingerprint density at radius 3 is 2.72 bits per heavy atom. The van der Waals surface area contributed by atoms with Crippen molar-refractivity contribution in [3.8, 4) is 0 Å². The van der Waals surface area contributed by atoms with E-state index in [1.165, 1.54) is 17.8 Å². The van der Waals surface area contributed by atoms with E-state index in [-0.39, 0.29) is 0 Å². The fourth-order valence-electron chi connectivity index (χ4n) is 2.43. The van der Waals surface area contributed by atoms with Crippen LogP contribution in [0.3, 0.4) is 0 Å². The summed E-state index contributed by atoms with van der Waals surface area (Å²) >= 11 is 1.74. The number of piperidine rings is 1. The molecule has 18 heavy (non-hydrogen) atoms. The molecule has 0 aliphatic carbocycles. The fourth-order valence-corrected chi connectivity index (χ4v) is 3.09. The molecule has 0 amide bonds. The maximum atomic E-state index is 4.41. The van der Waals surface area contributed by atoms with Crippen LogP contribution in [-0.4, -0.2) is 32.9 Å². The molecule has 1 aliphatic rings. The molecular formula is C13H16N4S. The molecule has 4 nitrogen and oxygen atoms in total. The molecular weight excluding hydrogens is 244 g/mol. The molecule has 0 saturated carbocycles. The highest BCUT2D eigenvalue weighted by molar-refractivity contribution is 7.09. The van der Waals surface area contributed by atoms with E-state index >= 15 is 0 Å². The topological polar surface area (TPSA) is 41.9 Å². The molecule has 0 atom stereocenters. The SMILES string of the molecule is c1cnc(C2CCN(Cc3nccs3)CC2)cn1. The molecule has 2 aromatic heterocycles. The van der Waals surface area contributed by atoms with Gasteiger partial charge in [0, 0.05) is 36.1 Å². The third-order valence-electron chi connectivity index (χ3n) is 3.43. The number of thiazole rings is 1. The zero-order chi connectivity index (χ0) is 12.2. The minimum atomic E-state index is 0.575. The minimum absolute atomic E-state index is 0.575. The third kappa shape index (κ3) is 2.73. The van der Waals surface area contributed by atoms with Crippen molar-refractivity contribution in [3.05, 3.63) is 40.9 Å². The van der Waals surface area contributed by atoms with Crippen molar-refractivity contribution in [1.82, 2.24) is 19.9 Å². The number of rotatable bonds is 3. The Morgan fingerprint density at radius 2 is 2.06 bits per heavy atom. The van der Waals surface area contributed by atoms with Gasteiger partial charge in [-0.15, -0.1) is 11.3 Å². The van der Waals surface area contributed by atoms with Crippen LogP contribution in [-0.2, 0) is 6.54 Å². The van der Waals surface area contributed by atoms with Gasteiger partial charge in [-0.1, -0.05) is 0 Å². The van der Waals surface area contributed by atoms with Gasteiger partial charge in [0.05, 0.1) is 12.2 Å². The fraction of sp³-hybridized carbons (Fsp3) is 0.462. The lowest BCUT2D eigenvalue weighted by Crippen LogP contribution is -2.32. The Bertz CT molecular complexity index is 463. The number of nitrogens with zero attached hydrogens (tertiary/aromatic N) is 4. The van der Waals surface area contributed by atoms with Gasteiger partial charge in [-0.25, -0.2) is 4.98 Å². The van der Waals surface area contributed by atoms with E-state index in [9.17, 15) is 0 Å². The molecule has 1 aliphatic heterocycles. The Balaban J connectivity index is 1.55. The predicted molar refractivity (Wildman–Crippen MR) is 71.4 cm³/mol. The van der Waals surface area contributed by atoms with Crippen LogP contribution < -0.4 is 0 Å². The van der Waals surface area contributed by atoms with Gasteiger partial charge in [-0.3, -0.25) is 14.9 Å². The number of hydrogen-bond acceptors (Lipinski definition) is 5. The summed E-state index contributed by atoms with van der Waals surface area (Å²) in [6.07, 6.45) is 9.65. The second kappa shape index (κ2) is 5.54. The number of hydrogen-bond donors (Lipinski definition) is 0. The Labute approximate surface area is 111 Å². The second-order valence-electron chi connectivity index (χ2n) is 4.61. The van der Waals surface area contributed by atoms with Gasteiger partial charge in [0.1, 0.15) is 5.01 Å². The smallest absolute Gasteiger partial charge is 0.107 e. The summed E-state index contributed by atoms with van der Waals surface area (Å²) in [5.74, 6) is 0.575. The van der Waals surface area contributed by atoms with Gasteiger partial charge in [-0.2, -0.15) is 0 Å². The average Bonchev–Trinajstić information content (AvgIpc) is 2.94. The quantitative estimate of drug-likeness (QED) is 0.849. The molecule has 2 aromatic rings. The summed E-state index contributed by atoms with van der Waals surface area (Å²) in [5, 5.41) is 3.26. The van der Waals surface area contributed by atoms with E-state index in [4.69, 9.17) is 0 Å². The third-order valence-corrected chi connectivity index (χ3v) is 4.20. The van der Waals surface area contributed by atoms with Crippen LogP contribution in [0, 0.1) is 0 Å². The minimum Gasteiger partial charge on any atom is -0.297 e. The first kappa shape index (κ1) is 11.7. The molecule has 0 N–H and O–H groups in total. The van der Waals surface area contributed by atoms with Crippen molar-refractivity contribution in [3.63, 3.8) is 0 Å². The van der Waals surface area contributed by atoms with Crippen molar-refractivity contribution in [1.29, 1.82) is 0 Å². The first-order chi connectivity index (χ1) is 8.92. The molecule has 1 fully saturated rings.